The van der Waals surface area contributed by atoms with Gasteiger partial charge in [0.2, 0.25) is 5.88 Å². The van der Waals surface area contributed by atoms with E-state index in [2.05, 4.69) is 11.9 Å². The number of para-hydroxylation sites is 1. The SMILES string of the molecule is CC(CN)C1(Oc2ccc3ncc(-c4cc5ccccc5o4)n3n2)CCCC1. The number of hydrogen-bond acceptors (Lipinski definition) is 5. The standard InChI is InChI=1S/C22H24N4O2/c1-15(13-23)22(10-4-5-11-22)28-21-9-8-20-24-14-17(26(20)25-21)19-12-16-6-2-3-7-18(16)27-19/h2-3,6-9,12,14-15H,4-5,10-11,13,23H2,1H3. The van der Waals surface area contributed by atoms with Gasteiger partial charge in [-0.05, 0) is 50.4 Å². The first-order chi connectivity index (χ1) is 13.7. The number of rotatable bonds is 5. The van der Waals surface area contributed by atoms with Crippen LogP contribution in [-0.4, -0.2) is 26.7 Å². The Kier molecular flexibility index (Phi) is 4.09. The van der Waals surface area contributed by atoms with Crippen molar-refractivity contribution in [3.05, 3.63) is 48.7 Å². The fourth-order valence-corrected chi connectivity index (χ4v) is 4.28. The molecule has 5 rings (SSSR count). The lowest BCUT2D eigenvalue weighted by Gasteiger charge is -2.35. The molecule has 2 N–H and O–H groups in total. The Morgan fingerprint density at radius 1 is 1.21 bits per heavy atom. The van der Waals surface area contributed by atoms with Crippen molar-refractivity contribution in [1.29, 1.82) is 0 Å². The predicted molar refractivity (Wildman–Crippen MR) is 108 cm³/mol. The zero-order chi connectivity index (χ0) is 19.1. The predicted octanol–water partition coefficient (Wildman–Crippen LogP) is 4.43. The van der Waals surface area contributed by atoms with E-state index in [1.54, 1.807) is 10.7 Å². The minimum absolute atomic E-state index is 0.227. The maximum Gasteiger partial charge on any atom is 0.232 e. The number of hydrogen-bond donors (Lipinski definition) is 1. The number of nitrogens with zero attached hydrogens (tertiary/aromatic N) is 3. The maximum atomic E-state index is 6.47. The van der Waals surface area contributed by atoms with Crippen molar-refractivity contribution in [2.24, 2.45) is 11.7 Å². The molecule has 1 aliphatic carbocycles. The van der Waals surface area contributed by atoms with Crippen molar-refractivity contribution in [2.75, 3.05) is 6.54 Å². The second-order valence-electron chi connectivity index (χ2n) is 7.74. The molecule has 3 heterocycles. The summed E-state index contributed by atoms with van der Waals surface area (Å²) < 4.78 is 14.3. The monoisotopic (exact) mass is 376 g/mol. The first kappa shape index (κ1) is 17.3. The fraction of sp³-hybridized carbons (Fsp3) is 0.364. The van der Waals surface area contributed by atoms with Crippen LogP contribution in [0, 0.1) is 5.92 Å². The molecule has 0 bridgehead atoms. The summed E-state index contributed by atoms with van der Waals surface area (Å²) in [5, 5.41) is 5.80. The van der Waals surface area contributed by atoms with E-state index in [4.69, 9.17) is 20.0 Å². The first-order valence-electron chi connectivity index (χ1n) is 9.91. The molecule has 6 heteroatoms. The van der Waals surface area contributed by atoms with E-state index in [-0.39, 0.29) is 11.5 Å². The van der Waals surface area contributed by atoms with Crippen LogP contribution in [0.4, 0.5) is 0 Å². The average molecular weight is 376 g/mol. The van der Waals surface area contributed by atoms with Gasteiger partial charge in [-0.15, -0.1) is 5.10 Å². The minimum Gasteiger partial charge on any atom is -0.470 e. The molecule has 1 saturated carbocycles. The Labute approximate surface area is 163 Å². The number of imidazole rings is 1. The van der Waals surface area contributed by atoms with Crippen LogP contribution in [-0.2, 0) is 0 Å². The summed E-state index contributed by atoms with van der Waals surface area (Å²) in [7, 11) is 0. The first-order valence-corrected chi connectivity index (χ1v) is 9.91. The Morgan fingerprint density at radius 2 is 2.04 bits per heavy atom. The van der Waals surface area contributed by atoms with Gasteiger partial charge < -0.3 is 14.9 Å². The molecule has 0 radical (unpaired) electrons. The van der Waals surface area contributed by atoms with E-state index < -0.39 is 0 Å². The van der Waals surface area contributed by atoms with E-state index in [1.165, 1.54) is 12.8 Å². The summed E-state index contributed by atoms with van der Waals surface area (Å²) in [6.45, 7) is 2.78. The fourth-order valence-electron chi connectivity index (χ4n) is 4.28. The lowest BCUT2D eigenvalue weighted by molar-refractivity contribution is 0.0195. The van der Waals surface area contributed by atoms with Crippen molar-refractivity contribution in [3.63, 3.8) is 0 Å². The van der Waals surface area contributed by atoms with Crippen molar-refractivity contribution >= 4 is 16.6 Å². The molecule has 1 aromatic carbocycles. The molecule has 3 aromatic heterocycles. The molecule has 28 heavy (non-hydrogen) atoms. The number of nitrogens with two attached hydrogens (primary N) is 1. The number of furan rings is 1. The highest BCUT2D eigenvalue weighted by Crippen LogP contribution is 2.39. The van der Waals surface area contributed by atoms with Gasteiger partial charge in [0.25, 0.3) is 0 Å². The highest BCUT2D eigenvalue weighted by Gasteiger charge is 2.41. The van der Waals surface area contributed by atoms with Gasteiger partial charge in [-0.3, -0.25) is 0 Å². The number of benzene rings is 1. The van der Waals surface area contributed by atoms with Crippen LogP contribution in [0.5, 0.6) is 5.88 Å². The molecule has 0 spiro atoms. The molecule has 1 atom stereocenters. The van der Waals surface area contributed by atoms with Gasteiger partial charge in [0.1, 0.15) is 16.9 Å². The van der Waals surface area contributed by atoms with Gasteiger partial charge in [0.05, 0.1) is 6.20 Å². The molecule has 1 aliphatic rings. The summed E-state index contributed by atoms with van der Waals surface area (Å²) in [5.41, 5.74) is 8.16. The summed E-state index contributed by atoms with van der Waals surface area (Å²) >= 11 is 0. The topological polar surface area (TPSA) is 78.6 Å². The Bertz CT molecular complexity index is 1090. The Morgan fingerprint density at radius 3 is 2.82 bits per heavy atom. The largest absolute Gasteiger partial charge is 0.470 e. The number of fused-ring (bicyclic) bond motifs is 2. The summed E-state index contributed by atoms with van der Waals surface area (Å²) in [6.07, 6.45) is 6.17. The summed E-state index contributed by atoms with van der Waals surface area (Å²) in [5.74, 6) is 1.62. The normalized spacial score (nSPS) is 17.4. The highest BCUT2D eigenvalue weighted by molar-refractivity contribution is 5.82. The summed E-state index contributed by atoms with van der Waals surface area (Å²) in [6, 6.07) is 13.8. The van der Waals surface area contributed by atoms with Crippen LogP contribution in [0.1, 0.15) is 32.6 Å². The third-order valence-corrected chi connectivity index (χ3v) is 6.03. The van der Waals surface area contributed by atoms with Gasteiger partial charge in [-0.1, -0.05) is 25.1 Å². The van der Waals surface area contributed by atoms with Gasteiger partial charge in [-0.25, -0.2) is 9.50 Å². The van der Waals surface area contributed by atoms with Crippen molar-refractivity contribution in [1.82, 2.24) is 14.6 Å². The third-order valence-electron chi connectivity index (χ3n) is 6.03. The van der Waals surface area contributed by atoms with E-state index in [1.807, 2.05) is 42.5 Å². The van der Waals surface area contributed by atoms with E-state index in [9.17, 15) is 0 Å². The second-order valence-corrected chi connectivity index (χ2v) is 7.74. The molecule has 4 aromatic rings. The molecule has 1 fully saturated rings. The molecule has 0 saturated heterocycles. The van der Waals surface area contributed by atoms with Crippen LogP contribution < -0.4 is 10.5 Å². The minimum atomic E-state index is -0.227. The van der Waals surface area contributed by atoms with Gasteiger partial charge in [0.15, 0.2) is 11.4 Å². The Hall–Kier alpha value is -2.86. The zero-order valence-electron chi connectivity index (χ0n) is 16.0. The molecule has 6 nitrogen and oxygen atoms in total. The van der Waals surface area contributed by atoms with Crippen molar-refractivity contribution < 1.29 is 9.15 Å². The van der Waals surface area contributed by atoms with Crippen LogP contribution in [0.3, 0.4) is 0 Å². The van der Waals surface area contributed by atoms with Gasteiger partial charge >= 0.3 is 0 Å². The average Bonchev–Trinajstić information content (AvgIpc) is 3.45. The number of ether oxygens (including phenoxy) is 1. The molecule has 1 unspecified atom stereocenters. The molecular formula is C22H24N4O2. The molecule has 0 amide bonds. The van der Waals surface area contributed by atoms with Crippen LogP contribution in [0.2, 0.25) is 0 Å². The molecular weight excluding hydrogens is 352 g/mol. The summed E-state index contributed by atoms with van der Waals surface area (Å²) in [4.78, 5) is 4.47. The molecule has 144 valence electrons. The smallest absolute Gasteiger partial charge is 0.232 e. The lowest BCUT2D eigenvalue weighted by Crippen LogP contribution is -2.43. The Balaban J connectivity index is 1.55. The second kappa shape index (κ2) is 6.63. The lowest BCUT2D eigenvalue weighted by atomic mass is 9.87. The van der Waals surface area contributed by atoms with E-state index >= 15 is 0 Å². The molecule has 0 aliphatic heterocycles. The maximum absolute atomic E-state index is 6.47. The van der Waals surface area contributed by atoms with Crippen LogP contribution >= 0.6 is 0 Å². The van der Waals surface area contributed by atoms with Gasteiger partial charge in [-0.2, -0.15) is 0 Å². The quantitative estimate of drug-likeness (QED) is 0.557. The zero-order valence-corrected chi connectivity index (χ0v) is 16.0. The van der Waals surface area contributed by atoms with Crippen LogP contribution in [0.25, 0.3) is 28.1 Å². The highest BCUT2D eigenvalue weighted by atomic mass is 16.5. The van der Waals surface area contributed by atoms with Crippen molar-refractivity contribution in [3.8, 4) is 17.3 Å². The number of aromatic nitrogens is 3. The van der Waals surface area contributed by atoms with E-state index in [0.29, 0.717) is 12.4 Å². The van der Waals surface area contributed by atoms with Gasteiger partial charge in [0, 0.05) is 17.4 Å². The van der Waals surface area contributed by atoms with E-state index in [0.717, 1.165) is 40.9 Å². The van der Waals surface area contributed by atoms with Crippen molar-refractivity contribution in [2.45, 2.75) is 38.2 Å². The third kappa shape index (κ3) is 2.76. The van der Waals surface area contributed by atoms with Crippen LogP contribution in [0.15, 0.2) is 53.1 Å².